The maximum absolute atomic E-state index is 4.35. The fourth-order valence-corrected chi connectivity index (χ4v) is 2.23. The largest absolute Gasteiger partial charge is 0.372 e. The second-order valence-corrected chi connectivity index (χ2v) is 6.06. The molecule has 0 bridgehead atoms. The zero-order chi connectivity index (χ0) is 13.2. The molecule has 0 radical (unpaired) electrons. The number of halogens is 1. The Morgan fingerprint density at radius 2 is 1.94 bits per heavy atom. The highest BCUT2D eigenvalue weighted by Gasteiger charge is 2.26. The van der Waals surface area contributed by atoms with Crippen molar-refractivity contribution in [1.29, 1.82) is 0 Å². The molecule has 0 aliphatic rings. The van der Waals surface area contributed by atoms with Crippen molar-refractivity contribution in [3.63, 3.8) is 0 Å². The summed E-state index contributed by atoms with van der Waals surface area (Å²) in [5.74, 6) is 1.72. The minimum absolute atomic E-state index is 0.193. The van der Waals surface area contributed by atoms with Gasteiger partial charge in [0.15, 0.2) is 0 Å². The Kier molecular flexibility index (Phi) is 4.36. The molecule has 0 aliphatic carbocycles. The smallest absolute Gasteiger partial charge is 0.148 e. The van der Waals surface area contributed by atoms with Crippen molar-refractivity contribution in [3.05, 3.63) is 10.8 Å². The van der Waals surface area contributed by atoms with E-state index in [1.807, 2.05) is 7.05 Å². The van der Waals surface area contributed by atoms with Gasteiger partial charge >= 0.3 is 0 Å². The Labute approximate surface area is 112 Å². The summed E-state index contributed by atoms with van der Waals surface area (Å²) in [4.78, 5) is 10.7. The molecule has 96 valence electrons. The molecule has 1 atom stereocenters. The van der Waals surface area contributed by atoms with Gasteiger partial charge in [-0.3, -0.25) is 0 Å². The van der Waals surface area contributed by atoms with E-state index in [-0.39, 0.29) is 5.41 Å². The summed E-state index contributed by atoms with van der Waals surface area (Å²) in [5.41, 5.74) is 0.193. The van der Waals surface area contributed by atoms with E-state index in [0.29, 0.717) is 6.04 Å². The van der Waals surface area contributed by atoms with Gasteiger partial charge in [0.25, 0.3) is 0 Å². The molecule has 0 aromatic carbocycles. The molecule has 0 aliphatic heterocycles. The number of anilines is 2. The molecular weight excluding hydrogens is 280 g/mol. The molecule has 1 unspecified atom stereocenters. The summed E-state index contributed by atoms with van der Waals surface area (Å²) in [6.07, 6.45) is 1.58. The molecule has 0 saturated carbocycles. The fraction of sp³-hybridized carbons (Fsp3) is 0.667. The van der Waals surface area contributed by atoms with Crippen molar-refractivity contribution in [2.75, 3.05) is 24.3 Å². The van der Waals surface area contributed by atoms with Gasteiger partial charge in [0.2, 0.25) is 0 Å². The molecule has 0 amide bonds. The van der Waals surface area contributed by atoms with Crippen LogP contribution in [0.25, 0.3) is 0 Å². The number of aromatic nitrogens is 2. The van der Waals surface area contributed by atoms with Gasteiger partial charge in [0.1, 0.15) is 22.4 Å². The summed E-state index contributed by atoms with van der Waals surface area (Å²) in [7, 11) is 3.91. The summed E-state index contributed by atoms with van der Waals surface area (Å²) in [5, 5.41) is 3.04. The normalized spacial score (nSPS) is 13.4. The molecule has 4 nitrogen and oxygen atoms in total. The molecule has 17 heavy (non-hydrogen) atoms. The van der Waals surface area contributed by atoms with Crippen molar-refractivity contribution in [2.45, 2.75) is 33.7 Å². The molecule has 1 aromatic rings. The third kappa shape index (κ3) is 3.09. The van der Waals surface area contributed by atoms with Crippen molar-refractivity contribution < 1.29 is 0 Å². The fourth-order valence-electron chi connectivity index (χ4n) is 1.55. The molecule has 1 N–H and O–H groups in total. The van der Waals surface area contributed by atoms with Gasteiger partial charge in [0.05, 0.1) is 0 Å². The van der Waals surface area contributed by atoms with E-state index in [0.717, 1.165) is 16.1 Å². The highest BCUT2D eigenvalue weighted by molar-refractivity contribution is 9.10. The van der Waals surface area contributed by atoms with E-state index < -0.39 is 0 Å². The Morgan fingerprint density at radius 3 is 2.41 bits per heavy atom. The van der Waals surface area contributed by atoms with E-state index in [1.54, 1.807) is 6.33 Å². The first-order valence-electron chi connectivity index (χ1n) is 5.70. The highest BCUT2D eigenvalue weighted by Crippen LogP contribution is 2.33. The number of rotatable bonds is 3. The van der Waals surface area contributed by atoms with Gasteiger partial charge in [-0.25, -0.2) is 9.97 Å². The minimum atomic E-state index is 0.193. The molecule has 1 aromatic heterocycles. The zero-order valence-corrected chi connectivity index (χ0v) is 13.0. The average molecular weight is 301 g/mol. The summed E-state index contributed by atoms with van der Waals surface area (Å²) in [6, 6.07) is 0.374. The predicted molar refractivity (Wildman–Crippen MR) is 76.6 cm³/mol. The highest BCUT2D eigenvalue weighted by atomic mass is 79.9. The summed E-state index contributed by atoms with van der Waals surface area (Å²) in [6.45, 7) is 8.88. The first-order chi connectivity index (χ1) is 7.79. The van der Waals surface area contributed by atoms with Gasteiger partial charge in [-0.05, 0) is 28.3 Å². The molecule has 0 saturated heterocycles. The van der Waals surface area contributed by atoms with E-state index in [4.69, 9.17) is 0 Å². The molecule has 1 heterocycles. The average Bonchev–Trinajstić information content (AvgIpc) is 2.26. The van der Waals surface area contributed by atoms with Crippen LogP contribution in [0.5, 0.6) is 0 Å². The van der Waals surface area contributed by atoms with Crippen LogP contribution < -0.4 is 10.2 Å². The monoisotopic (exact) mass is 300 g/mol. The van der Waals surface area contributed by atoms with Crippen LogP contribution in [-0.2, 0) is 0 Å². The van der Waals surface area contributed by atoms with Crippen LogP contribution in [0.1, 0.15) is 27.7 Å². The summed E-state index contributed by atoms with van der Waals surface area (Å²) < 4.78 is 0.904. The van der Waals surface area contributed by atoms with Crippen LogP contribution in [0.4, 0.5) is 11.6 Å². The maximum atomic E-state index is 4.35. The van der Waals surface area contributed by atoms with Crippen LogP contribution in [0.2, 0.25) is 0 Å². The van der Waals surface area contributed by atoms with E-state index in [1.165, 1.54) is 0 Å². The zero-order valence-electron chi connectivity index (χ0n) is 11.4. The molecular formula is C12H21BrN4. The topological polar surface area (TPSA) is 41.1 Å². The van der Waals surface area contributed by atoms with E-state index in [9.17, 15) is 0 Å². The van der Waals surface area contributed by atoms with Crippen LogP contribution in [-0.4, -0.2) is 30.1 Å². The van der Waals surface area contributed by atoms with Crippen LogP contribution in [0.3, 0.4) is 0 Å². The van der Waals surface area contributed by atoms with Crippen molar-refractivity contribution >= 4 is 27.6 Å². The Balaban J connectivity index is 3.08. The SMILES string of the molecule is CNc1ncnc(N(C)C(C)C(C)(C)C)c1Br. The third-order valence-electron chi connectivity index (χ3n) is 3.18. The Hall–Kier alpha value is -0.840. The number of hydrogen-bond acceptors (Lipinski definition) is 4. The van der Waals surface area contributed by atoms with Gasteiger partial charge in [-0.15, -0.1) is 0 Å². The maximum Gasteiger partial charge on any atom is 0.148 e. The van der Waals surface area contributed by atoms with Crippen LogP contribution in [0.15, 0.2) is 10.8 Å². The van der Waals surface area contributed by atoms with Crippen molar-refractivity contribution in [3.8, 4) is 0 Å². The lowest BCUT2D eigenvalue weighted by molar-refractivity contribution is 0.328. The second kappa shape index (κ2) is 5.21. The predicted octanol–water partition coefficient (Wildman–Crippen LogP) is 3.15. The number of nitrogens with zero attached hydrogens (tertiary/aromatic N) is 3. The number of hydrogen-bond donors (Lipinski definition) is 1. The Morgan fingerprint density at radius 1 is 1.35 bits per heavy atom. The van der Waals surface area contributed by atoms with Crippen LogP contribution >= 0.6 is 15.9 Å². The van der Waals surface area contributed by atoms with Crippen LogP contribution in [0, 0.1) is 5.41 Å². The standard InChI is InChI=1S/C12H21BrN4/c1-8(12(2,3)4)17(6)11-9(13)10(14-5)15-7-16-11/h7-8H,1-6H3,(H,14,15,16). The Bertz CT molecular complexity index is 387. The lowest BCUT2D eigenvalue weighted by Gasteiger charge is -2.36. The van der Waals surface area contributed by atoms with Gasteiger partial charge in [-0.1, -0.05) is 20.8 Å². The molecule has 0 spiro atoms. The van der Waals surface area contributed by atoms with Crippen molar-refractivity contribution in [2.24, 2.45) is 5.41 Å². The first kappa shape index (κ1) is 14.2. The van der Waals surface area contributed by atoms with Gasteiger partial charge < -0.3 is 10.2 Å². The summed E-state index contributed by atoms with van der Waals surface area (Å²) >= 11 is 3.55. The lowest BCUT2D eigenvalue weighted by atomic mass is 9.87. The third-order valence-corrected chi connectivity index (χ3v) is 3.91. The van der Waals surface area contributed by atoms with Crippen molar-refractivity contribution in [1.82, 2.24) is 9.97 Å². The second-order valence-electron chi connectivity index (χ2n) is 5.26. The molecule has 1 rings (SSSR count). The molecule has 0 fully saturated rings. The van der Waals surface area contributed by atoms with Gasteiger partial charge in [0, 0.05) is 20.1 Å². The van der Waals surface area contributed by atoms with E-state index >= 15 is 0 Å². The van der Waals surface area contributed by atoms with Gasteiger partial charge in [-0.2, -0.15) is 0 Å². The molecule has 5 heteroatoms. The van der Waals surface area contributed by atoms with E-state index in [2.05, 4.69) is 70.9 Å². The quantitative estimate of drug-likeness (QED) is 0.931. The number of nitrogens with one attached hydrogen (secondary N) is 1. The minimum Gasteiger partial charge on any atom is -0.372 e. The first-order valence-corrected chi connectivity index (χ1v) is 6.49. The lowest BCUT2D eigenvalue weighted by Crippen LogP contribution is -2.40.